The monoisotopic (exact) mass is 532 g/mol. The van der Waals surface area contributed by atoms with Gasteiger partial charge in [-0.25, -0.2) is 0 Å². The van der Waals surface area contributed by atoms with Crippen molar-refractivity contribution < 1.29 is 42.4 Å². The van der Waals surface area contributed by atoms with Gasteiger partial charge in [-0.05, 0) is 49.1 Å². The minimum absolute atomic E-state index is 0.0804. The number of fused-ring (bicyclic) bond motifs is 2. The van der Waals surface area contributed by atoms with Crippen molar-refractivity contribution in [3.8, 4) is 23.0 Å². The smallest absolute Gasteiger partial charge is 0.497 e. The normalized spacial score (nSPS) is 21.6. The zero-order chi connectivity index (χ0) is 27.1. The van der Waals surface area contributed by atoms with E-state index in [2.05, 4.69) is 14.8 Å². The number of methoxy groups -OCH3 is 1. The van der Waals surface area contributed by atoms with Gasteiger partial charge in [0.15, 0.2) is 17.6 Å². The summed E-state index contributed by atoms with van der Waals surface area (Å²) in [4.78, 5) is 28.5. The number of aliphatic hydroxyl groups is 1. The van der Waals surface area contributed by atoms with Gasteiger partial charge in [-0.15, -0.1) is 8.78 Å². The molecule has 1 fully saturated rings. The van der Waals surface area contributed by atoms with Crippen LogP contribution in [-0.2, 0) is 15.0 Å². The molecule has 1 aliphatic carbocycles. The third-order valence-electron chi connectivity index (χ3n) is 7.21. The van der Waals surface area contributed by atoms with Crippen LogP contribution in [0, 0.1) is 0 Å². The third-order valence-corrected chi connectivity index (χ3v) is 7.21. The number of rotatable bonds is 9. The number of alkyl halides is 2. The molecule has 2 N–H and O–H groups in total. The van der Waals surface area contributed by atoms with Gasteiger partial charge in [-0.1, -0.05) is 13.0 Å². The number of benzene rings is 2. The zero-order valence-electron chi connectivity index (χ0n) is 21.2. The van der Waals surface area contributed by atoms with Gasteiger partial charge in [0.2, 0.25) is 5.91 Å². The third kappa shape index (κ3) is 4.82. The van der Waals surface area contributed by atoms with Crippen LogP contribution in [-0.4, -0.2) is 61.0 Å². The summed E-state index contributed by atoms with van der Waals surface area (Å²) in [7, 11) is 1.52. The van der Waals surface area contributed by atoms with Crippen molar-refractivity contribution >= 4 is 11.8 Å². The van der Waals surface area contributed by atoms with Crippen LogP contribution in [0.4, 0.5) is 8.78 Å². The molecule has 2 heterocycles. The average molecular weight is 533 g/mol. The molecule has 1 saturated carbocycles. The minimum atomic E-state index is -3.74. The van der Waals surface area contributed by atoms with E-state index in [0.717, 1.165) is 0 Å². The van der Waals surface area contributed by atoms with Crippen molar-refractivity contribution in [2.24, 2.45) is 0 Å². The van der Waals surface area contributed by atoms with Gasteiger partial charge in [-0.3, -0.25) is 9.59 Å². The summed E-state index contributed by atoms with van der Waals surface area (Å²) < 4.78 is 47.5. The Bertz CT molecular complexity index is 1230. The highest BCUT2D eigenvalue weighted by Gasteiger charge is 2.53. The van der Waals surface area contributed by atoms with Crippen LogP contribution in [0.25, 0.3) is 0 Å². The lowest BCUT2D eigenvalue weighted by atomic mass is 9.91. The summed E-state index contributed by atoms with van der Waals surface area (Å²) in [6.45, 7) is 2.41. The zero-order valence-corrected chi connectivity index (χ0v) is 21.2. The molecule has 38 heavy (non-hydrogen) atoms. The van der Waals surface area contributed by atoms with E-state index in [4.69, 9.17) is 9.47 Å². The number of hydrogen-bond donors (Lipinski definition) is 2. The van der Waals surface area contributed by atoms with Crippen LogP contribution in [0.5, 0.6) is 23.0 Å². The fourth-order valence-corrected chi connectivity index (χ4v) is 5.10. The van der Waals surface area contributed by atoms with Crippen LogP contribution in [0.2, 0.25) is 0 Å². The summed E-state index contributed by atoms with van der Waals surface area (Å²) in [6, 6.07) is 9.09. The molecular weight excluding hydrogens is 502 g/mol. The lowest BCUT2D eigenvalue weighted by molar-refractivity contribution is -0.286. The number of carbonyl (C=O) groups is 2. The molecule has 0 radical (unpaired) electrons. The highest BCUT2D eigenvalue weighted by atomic mass is 19.3. The summed E-state index contributed by atoms with van der Waals surface area (Å²) in [5, 5.41) is 12.5. The Balaban J connectivity index is 1.40. The van der Waals surface area contributed by atoms with E-state index in [1.54, 1.807) is 29.2 Å². The molecule has 9 nitrogen and oxygen atoms in total. The van der Waals surface area contributed by atoms with Gasteiger partial charge in [-0.2, -0.15) is 0 Å². The van der Waals surface area contributed by atoms with E-state index in [1.165, 1.54) is 19.2 Å². The summed E-state index contributed by atoms with van der Waals surface area (Å²) in [5.41, 5.74) is 0.363. The first kappa shape index (κ1) is 26.0. The molecule has 204 valence electrons. The maximum atomic E-state index is 13.6. The first-order valence-corrected chi connectivity index (χ1v) is 12.7. The maximum Gasteiger partial charge on any atom is 0.586 e. The minimum Gasteiger partial charge on any atom is -0.497 e. The van der Waals surface area contributed by atoms with Crippen molar-refractivity contribution in [1.29, 1.82) is 0 Å². The lowest BCUT2D eigenvalue weighted by Gasteiger charge is -2.35. The molecule has 2 aromatic carbocycles. The lowest BCUT2D eigenvalue weighted by Crippen LogP contribution is -2.48. The van der Waals surface area contributed by atoms with Crippen molar-refractivity contribution in [3.05, 3.63) is 47.5 Å². The Morgan fingerprint density at radius 3 is 2.55 bits per heavy atom. The molecule has 0 spiro atoms. The molecule has 2 aliphatic heterocycles. The van der Waals surface area contributed by atoms with Crippen LogP contribution in [0.3, 0.4) is 0 Å². The number of ether oxygens (including phenoxy) is 4. The van der Waals surface area contributed by atoms with Crippen LogP contribution in [0.15, 0.2) is 36.4 Å². The number of aliphatic hydroxyl groups excluding tert-OH is 1. The van der Waals surface area contributed by atoms with Gasteiger partial charge in [0.05, 0.1) is 25.2 Å². The fraction of sp³-hybridized carbons (Fsp3) is 0.481. The number of amides is 2. The van der Waals surface area contributed by atoms with E-state index < -0.39 is 23.9 Å². The van der Waals surface area contributed by atoms with Crippen molar-refractivity contribution in [3.63, 3.8) is 0 Å². The predicted octanol–water partition coefficient (Wildman–Crippen LogP) is 3.29. The van der Waals surface area contributed by atoms with Gasteiger partial charge in [0.25, 0.3) is 5.91 Å². The first-order chi connectivity index (χ1) is 18.2. The molecule has 0 aromatic heterocycles. The van der Waals surface area contributed by atoms with E-state index in [0.29, 0.717) is 48.4 Å². The Morgan fingerprint density at radius 2 is 1.87 bits per heavy atom. The summed E-state index contributed by atoms with van der Waals surface area (Å²) in [5.74, 6) is 0.229. The fourth-order valence-electron chi connectivity index (χ4n) is 5.10. The number of halogens is 2. The van der Waals surface area contributed by atoms with E-state index in [-0.39, 0.29) is 42.9 Å². The topological polar surface area (TPSA) is 107 Å². The van der Waals surface area contributed by atoms with E-state index in [1.807, 2.05) is 6.92 Å². The molecule has 2 aromatic rings. The van der Waals surface area contributed by atoms with Crippen molar-refractivity contribution in [2.45, 2.75) is 56.5 Å². The highest BCUT2D eigenvalue weighted by molar-refractivity contribution is 5.92. The standard InChI is InChI=1S/C27H30F2N2O7/c1-3-10-31(11-12-32)24(33)23-15-19(18-6-5-17(35-2)14-21(18)36-23)30-25(34)26(8-9-26)16-4-7-20-22(13-16)38-27(28,29)37-20/h4-7,13-14,19,23,32H,3,8-12,15H2,1-2H3,(H,30,34). The van der Waals surface area contributed by atoms with E-state index in [9.17, 15) is 23.5 Å². The molecular formula is C27H30F2N2O7. The Morgan fingerprint density at radius 1 is 1.11 bits per heavy atom. The summed E-state index contributed by atoms with van der Waals surface area (Å²) in [6.07, 6.45) is -2.63. The first-order valence-electron chi connectivity index (χ1n) is 12.7. The van der Waals surface area contributed by atoms with E-state index >= 15 is 0 Å². The van der Waals surface area contributed by atoms with Gasteiger partial charge >= 0.3 is 6.29 Å². The molecule has 0 bridgehead atoms. The number of carbonyl (C=O) groups excluding carboxylic acids is 2. The average Bonchev–Trinajstić information content (AvgIpc) is 3.64. The Labute approximate surface area is 218 Å². The second-order valence-electron chi connectivity index (χ2n) is 9.73. The second kappa shape index (κ2) is 9.94. The highest BCUT2D eigenvalue weighted by Crippen LogP contribution is 2.52. The second-order valence-corrected chi connectivity index (χ2v) is 9.73. The van der Waals surface area contributed by atoms with Crippen molar-refractivity contribution in [1.82, 2.24) is 10.2 Å². The van der Waals surface area contributed by atoms with Crippen LogP contribution >= 0.6 is 0 Å². The Kier molecular flexibility index (Phi) is 6.81. The predicted molar refractivity (Wildman–Crippen MR) is 130 cm³/mol. The van der Waals surface area contributed by atoms with Crippen molar-refractivity contribution in [2.75, 3.05) is 26.8 Å². The molecule has 2 unspecified atom stereocenters. The van der Waals surface area contributed by atoms with Crippen LogP contribution in [0.1, 0.15) is 49.8 Å². The number of nitrogens with zero attached hydrogens (tertiary/aromatic N) is 1. The quantitative estimate of drug-likeness (QED) is 0.511. The maximum absolute atomic E-state index is 13.6. The van der Waals surface area contributed by atoms with Gasteiger partial charge in [0.1, 0.15) is 11.5 Å². The van der Waals surface area contributed by atoms with Gasteiger partial charge in [0, 0.05) is 31.1 Å². The molecule has 3 aliphatic rings. The molecule has 5 rings (SSSR count). The molecule has 2 atom stereocenters. The largest absolute Gasteiger partial charge is 0.586 e. The molecule has 11 heteroatoms. The van der Waals surface area contributed by atoms with Crippen LogP contribution < -0.4 is 24.3 Å². The number of hydrogen-bond acceptors (Lipinski definition) is 7. The molecule has 0 saturated heterocycles. The SMILES string of the molecule is CCCN(CCO)C(=O)C1CC(NC(=O)C2(c3ccc4c(c3)OC(F)(F)O4)CC2)c2ccc(OC)cc2O1. The summed E-state index contributed by atoms with van der Waals surface area (Å²) >= 11 is 0. The Hall–Kier alpha value is -3.60. The molecule has 2 amide bonds. The van der Waals surface area contributed by atoms with Gasteiger partial charge < -0.3 is 34.3 Å². The number of nitrogens with one attached hydrogen (secondary N) is 1.